The topological polar surface area (TPSA) is 132 Å². The van der Waals surface area contributed by atoms with E-state index in [0.29, 0.717) is 17.2 Å². The molecule has 2 heterocycles. The standard InChI is InChI=1S/C24H35FN2O9/c1-4-7-8-9-10-11-22(30)34-15-27-23(31)16(25)13-26(24(27)32)19-12-17(36-21(29)6-3)18(35-19)14-33-20(28)5-2/h13,17-19H,4-12,14-15H2,1-3H3/t17-,18+,19+/m0/s1. The van der Waals surface area contributed by atoms with E-state index in [1.807, 2.05) is 0 Å². The van der Waals surface area contributed by atoms with Crippen LogP contribution < -0.4 is 11.2 Å². The molecule has 0 saturated carbocycles. The Morgan fingerprint density at radius 1 is 1.00 bits per heavy atom. The number of aromatic nitrogens is 2. The number of nitrogens with zero attached hydrogens (tertiary/aromatic N) is 2. The highest BCUT2D eigenvalue weighted by Crippen LogP contribution is 2.30. The molecule has 0 radical (unpaired) electrons. The average molecular weight is 515 g/mol. The van der Waals surface area contributed by atoms with Crippen molar-refractivity contribution >= 4 is 17.9 Å². The fourth-order valence-electron chi connectivity index (χ4n) is 3.66. The largest absolute Gasteiger partial charge is 0.463 e. The van der Waals surface area contributed by atoms with Crippen molar-refractivity contribution in [3.8, 4) is 0 Å². The quantitative estimate of drug-likeness (QED) is 0.209. The van der Waals surface area contributed by atoms with Crippen LogP contribution in [0.15, 0.2) is 15.8 Å². The highest BCUT2D eigenvalue weighted by Gasteiger charge is 2.40. The molecule has 1 aliphatic heterocycles. The monoisotopic (exact) mass is 514 g/mol. The summed E-state index contributed by atoms with van der Waals surface area (Å²) in [4.78, 5) is 60.6. The molecule has 202 valence electrons. The summed E-state index contributed by atoms with van der Waals surface area (Å²) in [5.41, 5.74) is -2.21. The summed E-state index contributed by atoms with van der Waals surface area (Å²) in [5.74, 6) is -2.88. The van der Waals surface area contributed by atoms with Gasteiger partial charge in [0.15, 0.2) is 6.73 Å². The number of hydrogen-bond acceptors (Lipinski definition) is 9. The third-order valence-electron chi connectivity index (χ3n) is 5.75. The number of unbranched alkanes of at least 4 members (excludes halogenated alkanes) is 4. The van der Waals surface area contributed by atoms with E-state index >= 15 is 0 Å². The summed E-state index contributed by atoms with van der Waals surface area (Å²) in [6, 6.07) is 0. The van der Waals surface area contributed by atoms with Crippen molar-refractivity contribution < 1.29 is 37.7 Å². The highest BCUT2D eigenvalue weighted by atomic mass is 19.1. The zero-order chi connectivity index (χ0) is 26.7. The van der Waals surface area contributed by atoms with E-state index in [4.69, 9.17) is 18.9 Å². The molecular weight excluding hydrogens is 479 g/mol. The van der Waals surface area contributed by atoms with Crippen LogP contribution in [0.4, 0.5) is 4.39 Å². The van der Waals surface area contributed by atoms with Crippen molar-refractivity contribution in [2.75, 3.05) is 6.61 Å². The maximum absolute atomic E-state index is 14.4. The van der Waals surface area contributed by atoms with Crippen LogP contribution in [0.1, 0.15) is 84.8 Å². The molecule has 11 nitrogen and oxygen atoms in total. The lowest BCUT2D eigenvalue weighted by atomic mass is 10.1. The fraction of sp³-hybridized carbons (Fsp3) is 0.708. The van der Waals surface area contributed by atoms with Crippen molar-refractivity contribution in [3.05, 3.63) is 32.9 Å². The first-order valence-corrected chi connectivity index (χ1v) is 12.4. The molecule has 0 bridgehead atoms. The van der Waals surface area contributed by atoms with E-state index in [1.165, 1.54) is 0 Å². The molecule has 1 fully saturated rings. The summed E-state index contributed by atoms with van der Waals surface area (Å²) >= 11 is 0. The summed E-state index contributed by atoms with van der Waals surface area (Å²) in [6.45, 7) is 4.30. The number of esters is 3. The summed E-state index contributed by atoms with van der Waals surface area (Å²) < 4.78 is 37.0. The molecule has 1 saturated heterocycles. The van der Waals surface area contributed by atoms with Gasteiger partial charge in [-0.3, -0.25) is 23.7 Å². The molecule has 3 atom stereocenters. The number of carbonyl (C=O) groups excluding carboxylic acids is 3. The van der Waals surface area contributed by atoms with Gasteiger partial charge < -0.3 is 18.9 Å². The van der Waals surface area contributed by atoms with Crippen molar-refractivity contribution in [2.45, 2.75) is 104 Å². The van der Waals surface area contributed by atoms with Gasteiger partial charge in [0.1, 0.15) is 25.0 Å². The third kappa shape index (κ3) is 8.28. The summed E-state index contributed by atoms with van der Waals surface area (Å²) in [6.07, 6.45) is 2.69. The summed E-state index contributed by atoms with van der Waals surface area (Å²) in [5, 5.41) is 0. The Morgan fingerprint density at radius 2 is 1.69 bits per heavy atom. The molecule has 0 N–H and O–H groups in total. The summed E-state index contributed by atoms with van der Waals surface area (Å²) in [7, 11) is 0. The maximum Gasteiger partial charge on any atom is 0.336 e. The van der Waals surface area contributed by atoms with Gasteiger partial charge in [-0.25, -0.2) is 9.36 Å². The van der Waals surface area contributed by atoms with E-state index in [9.17, 15) is 28.4 Å². The van der Waals surface area contributed by atoms with Crippen molar-refractivity contribution in [1.82, 2.24) is 9.13 Å². The molecule has 0 unspecified atom stereocenters. The lowest BCUT2D eigenvalue weighted by Gasteiger charge is -2.18. The van der Waals surface area contributed by atoms with Gasteiger partial charge in [0.2, 0.25) is 5.82 Å². The van der Waals surface area contributed by atoms with Gasteiger partial charge in [-0.15, -0.1) is 0 Å². The van der Waals surface area contributed by atoms with Crippen LogP contribution >= 0.6 is 0 Å². The van der Waals surface area contributed by atoms with Crippen LogP contribution in [0.5, 0.6) is 0 Å². The van der Waals surface area contributed by atoms with Gasteiger partial charge >= 0.3 is 23.6 Å². The molecular formula is C24H35FN2O9. The number of carbonyl (C=O) groups is 3. The molecule has 2 rings (SSSR count). The average Bonchev–Trinajstić information content (AvgIpc) is 3.26. The molecule has 36 heavy (non-hydrogen) atoms. The first-order valence-electron chi connectivity index (χ1n) is 12.4. The molecule has 0 aliphatic carbocycles. The van der Waals surface area contributed by atoms with E-state index in [2.05, 4.69) is 6.92 Å². The minimum Gasteiger partial charge on any atom is -0.463 e. The smallest absolute Gasteiger partial charge is 0.336 e. The Balaban J connectivity index is 2.15. The normalized spacial score (nSPS) is 19.2. The van der Waals surface area contributed by atoms with Gasteiger partial charge in [-0.2, -0.15) is 4.39 Å². The second-order valence-corrected chi connectivity index (χ2v) is 8.49. The van der Waals surface area contributed by atoms with E-state index in [1.54, 1.807) is 13.8 Å². The maximum atomic E-state index is 14.4. The highest BCUT2D eigenvalue weighted by molar-refractivity contribution is 5.69. The molecule has 12 heteroatoms. The van der Waals surface area contributed by atoms with E-state index in [0.717, 1.165) is 30.3 Å². The van der Waals surface area contributed by atoms with Crippen molar-refractivity contribution in [1.29, 1.82) is 0 Å². The first-order chi connectivity index (χ1) is 17.2. The Kier molecular flexibility index (Phi) is 11.8. The van der Waals surface area contributed by atoms with Crippen LogP contribution in [0.25, 0.3) is 0 Å². The zero-order valence-corrected chi connectivity index (χ0v) is 21.0. The lowest BCUT2D eigenvalue weighted by molar-refractivity contribution is -0.158. The van der Waals surface area contributed by atoms with Crippen molar-refractivity contribution in [2.24, 2.45) is 0 Å². The molecule has 0 amide bonds. The molecule has 0 spiro atoms. The van der Waals surface area contributed by atoms with E-state index < -0.39 is 60.1 Å². The van der Waals surface area contributed by atoms with Crippen LogP contribution in [-0.2, 0) is 40.1 Å². The Hall–Kier alpha value is -3.02. The lowest BCUT2D eigenvalue weighted by Crippen LogP contribution is -2.43. The molecule has 1 aromatic rings. The number of ether oxygens (including phenoxy) is 4. The predicted molar refractivity (Wildman–Crippen MR) is 124 cm³/mol. The Bertz CT molecular complexity index is 1020. The molecule has 1 aromatic heterocycles. The second kappa shape index (κ2) is 14.5. The van der Waals surface area contributed by atoms with Crippen LogP contribution in [-0.4, -0.2) is 45.9 Å². The van der Waals surface area contributed by atoms with Gasteiger partial charge in [0.25, 0.3) is 5.56 Å². The van der Waals surface area contributed by atoms with Crippen molar-refractivity contribution in [3.63, 3.8) is 0 Å². The van der Waals surface area contributed by atoms with E-state index in [-0.39, 0.29) is 32.3 Å². The second-order valence-electron chi connectivity index (χ2n) is 8.49. The Morgan fingerprint density at radius 3 is 2.36 bits per heavy atom. The van der Waals surface area contributed by atoms with Crippen LogP contribution in [0.3, 0.4) is 0 Å². The molecule has 1 aliphatic rings. The van der Waals surface area contributed by atoms with Gasteiger partial charge in [-0.05, 0) is 6.42 Å². The third-order valence-corrected chi connectivity index (χ3v) is 5.75. The predicted octanol–water partition coefficient (Wildman–Crippen LogP) is 2.57. The van der Waals surface area contributed by atoms with Gasteiger partial charge in [-0.1, -0.05) is 46.5 Å². The number of hydrogen-bond donors (Lipinski definition) is 0. The minimum atomic E-state index is -1.25. The van der Waals surface area contributed by atoms with Gasteiger partial charge in [0, 0.05) is 25.7 Å². The van der Waals surface area contributed by atoms with Gasteiger partial charge in [0.05, 0.1) is 6.20 Å². The zero-order valence-electron chi connectivity index (χ0n) is 21.0. The first kappa shape index (κ1) is 29.2. The van der Waals surface area contributed by atoms with Crippen LogP contribution in [0.2, 0.25) is 0 Å². The molecule has 0 aromatic carbocycles. The fourth-order valence-corrected chi connectivity index (χ4v) is 3.66. The number of rotatable bonds is 14. The minimum absolute atomic E-state index is 0.0464. The number of halogens is 1. The SMILES string of the molecule is CCCCCCCC(=O)OCn1c(=O)c(F)cn([C@H]2C[C@H](OC(=O)CC)[C@@H](COC(=O)CC)O2)c1=O. The van der Waals surface area contributed by atoms with Crippen LogP contribution in [0, 0.1) is 5.82 Å². The Labute approximate surface area is 208 Å².